The zero-order valence-electron chi connectivity index (χ0n) is 8.35. The van der Waals surface area contributed by atoms with Crippen molar-refractivity contribution < 1.29 is 4.84 Å². The summed E-state index contributed by atoms with van der Waals surface area (Å²) >= 11 is 2.20. The molecule has 15 heavy (non-hydrogen) atoms. The predicted molar refractivity (Wildman–Crippen MR) is 66.4 cm³/mol. The van der Waals surface area contributed by atoms with Crippen molar-refractivity contribution >= 4 is 22.6 Å². The van der Waals surface area contributed by atoms with Gasteiger partial charge in [-0.25, -0.2) is 0 Å². The zero-order chi connectivity index (χ0) is 10.7. The van der Waals surface area contributed by atoms with E-state index in [1.807, 2.05) is 18.3 Å². The van der Waals surface area contributed by atoms with Gasteiger partial charge >= 0.3 is 0 Å². The Morgan fingerprint density at radius 2 is 2.33 bits per heavy atom. The van der Waals surface area contributed by atoms with Crippen molar-refractivity contribution in [3.8, 4) is 0 Å². The van der Waals surface area contributed by atoms with Gasteiger partial charge in [0, 0.05) is 0 Å². The van der Waals surface area contributed by atoms with Gasteiger partial charge in [0.25, 0.3) is 0 Å². The summed E-state index contributed by atoms with van der Waals surface area (Å²) in [4.78, 5) is 6.96. The molecule has 0 aliphatic carbocycles. The third-order valence-corrected chi connectivity index (χ3v) is 2.53. The number of halogens is 1. The lowest BCUT2D eigenvalue weighted by molar-refractivity contribution is 0.0699. The molecule has 4 heteroatoms. The van der Waals surface area contributed by atoms with Crippen LogP contribution in [-0.4, -0.2) is 9.94 Å². The fourth-order valence-electron chi connectivity index (χ4n) is 1.30. The Hall–Kier alpha value is -1.04. The minimum atomic E-state index is 0.541. The van der Waals surface area contributed by atoms with E-state index in [9.17, 15) is 0 Å². The Morgan fingerprint density at radius 3 is 3.00 bits per heavy atom. The smallest absolute Gasteiger partial charge is 0.142 e. The molecule has 0 saturated heterocycles. The average molecular weight is 314 g/mol. The molecule has 0 unspecified atom stereocenters. The molecule has 1 heterocycles. The summed E-state index contributed by atoms with van der Waals surface area (Å²) in [7, 11) is 0. The molecule has 2 aromatic rings. The highest BCUT2D eigenvalue weighted by atomic mass is 127. The first-order valence-electron chi connectivity index (χ1n) is 4.63. The van der Waals surface area contributed by atoms with E-state index in [-0.39, 0.29) is 0 Å². The Balaban J connectivity index is 1.99. The van der Waals surface area contributed by atoms with Crippen molar-refractivity contribution in [2.75, 3.05) is 0 Å². The molecule has 2 rings (SSSR count). The zero-order valence-corrected chi connectivity index (χ0v) is 10.5. The van der Waals surface area contributed by atoms with E-state index in [2.05, 4.69) is 46.7 Å². The molecule has 1 aromatic heterocycles. The van der Waals surface area contributed by atoms with Crippen molar-refractivity contribution in [2.24, 2.45) is 0 Å². The molecule has 0 saturated carbocycles. The van der Waals surface area contributed by atoms with Crippen molar-refractivity contribution in [1.82, 2.24) is 9.94 Å². The lowest BCUT2D eigenvalue weighted by Crippen LogP contribution is -2.11. The third kappa shape index (κ3) is 2.95. The maximum atomic E-state index is 5.47. The molecule has 0 N–H and O–H groups in total. The molecule has 0 amide bonds. The van der Waals surface area contributed by atoms with Crippen molar-refractivity contribution in [3.05, 3.63) is 51.4 Å². The molecule has 78 valence electrons. The van der Waals surface area contributed by atoms with E-state index >= 15 is 0 Å². The van der Waals surface area contributed by atoms with Crippen LogP contribution < -0.4 is 4.84 Å². The van der Waals surface area contributed by atoms with Crippen LogP contribution in [0.25, 0.3) is 0 Å². The molecule has 0 spiro atoms. The van der Waals surface area contributed by atoms with Gasteiger partial charge < -0.3 is 4.84 Å². The SMILES string of the molecule is Cc1cccc(COn2cc(I)cn2)c1. The van der Waals surface area contributed by atoms with Gasteiger partial charge in [-0.2, -0.15) is 0 Å². The highest BCUT2D eigenvalue weighted by Gasteiger charge is 1.97. The van der Waals surface area contributed by atoms with Crippen molar-refractivity contribution in [2.45, 2.75) is 13.5 Å². The van der Waals surface area contributed by atoms with Crippen LogP contribution in [0.5, 0.6) is 0 Å². The molecule has 0 aliphatic heterocycles. The second-order valence-electron chi connectivity index (χ2n) is 3.32. The van der Waals surface area contributed by atoms with Gasteiger partial charge in [0.05, 0.1) is 16.0 Å². The Bertz CT molecular complexity index is 453. The fourth-order valence-corrected chi connectivity index (χ4v) is 1.66. The number of benzene rings is 1. The summed E-state index contributed by atoms with van der Waals surface area (Å²) in [5, 5.41) is 4.04. The number of hydrogen-bond acceptors (Lipinski definition) is 2. The molecule has 1 aromatic carbocycles. The summed E-state index contributed by atoms with van der Waals surface area (Å²) in [5.41, 5.74) is 2.40. The van der Waals surface area contributed by atoms with Crippen LogP contribution in [0.1, 0.15) is 11.1 Å². The van der Waals surface area contributed by atoms with E-state index in [0.29, 0.717) is 6.61 Å². The van der Waals surface area contributed by atoms with E-state index in [4.69, 9.17) is 4.84 Å². The molecule has 0 atom stereocenters. The summed E-state index contributed by atoms with van der Waals surface area (Å²) < 4.78 is 1.07. The van der Waals surface area contributed by atoms with Crippen LogP contribution >= 0.6 is 22.6 Å². The van der Waals surface area contributed by atoms with Gasteiger partial charge in [0.1, 0.15) is 6.61 Å². The first-order valence-corrected chi connectivity index (χ1v) is 5.71. The standard InChI is InChI=1S/C11H11IN2O/c1-9-3-2-4-10(5-9)8-15-14-7-11(12)6-13-14/h2-7H,8H2,1H3. The predicted octanol–water partition coefficient (Wildman–Crippen LogP) is 2.42. The van der Waals surface area contributed by atoms with Crippen LogP contribution in [-0.2, 0) is 6.61 Å². The van der Waals surface area contributed by atoms with Crippen LogP contribution in [0.15, 0.2) is 36.7 Å². The van der Waals surface area contributed by atoms with E-state index in [1.54, 1.807) is 6.20 Å². The Morgan fingerprint density at radius 1 is 1.47 bits per heavy atom. The largest absolute Gasteiger partial charge is 0.392 e. The van der Waals surface area contributed by atoms with Crippen molar-refractivity contribution in [1.29, 1.82) is 0 Å². The molecule has 0 bridgehead atoms. The highest BCUT2D eigenvalue weighted by Crippen LogP contribution is 2.05. The monoisotopic (exact) mass is 314 g/mol. The molecule has 0 fully saturated rings. The molecule has 3 nitrogen and oxygen atoms in total. The molecular formula is C11H11IN2O. The van der Waals surface area contributed by atoms with Crippen molar-refractivity contribution in [3.63, 3.8) is 0 Å². The minimum Gasteiger partial charge on any atom is -0.392 e. The van der Waals surface area contributed by atoms with Gasteiger partial charge in [-0.3, -0.25) is 0 Å². The van der Waals surface area contributed by atoms with Crippen LogP contribution in [0.3, 0.4) is 0 Å². The summed E-state index contributed by atoms with van der Waals surface area (Å²) in [6, 6.07) is 8.25. The molecular weight excluding hydrogens is 303 g/mol. The number of hydrogen-bond donors (Lipinski definition) is 0. The van der Waals surface area contributed by atoms with E-state index < -0.39 is 0 Å². The maximum Gasteiger partial charge on any atom is 0.142 e. The Kier molecular flexibility index (Phi) is 3.25. The van der Waals surface area contributed by atoms with E-state index in [0.717, 1.165) is 9.13 Å². The number of aromatic nitrogens is 2. The van der Waals surface area contributed by atoms with Crippen LogP contribution in [0.2, 0.25) is 0 Å². The summed E-state index contributed by atoms with van der Waals surface area (Å²) in [6.07, 6.45) is 3.60. The lowest BCUT2D eigenvalue weighted by Gasteiger charge is -2.05. The second-order valence-corrected chi connectivity index (χ2v) is 4.57. The number of aryl methyl sites for hydroxylation is 1. The van der Waals surface area contributed by atoms with Gasteiger partial charge in [-0.1, -0.05) is 29.8 Å². The highest BCUT2D eigenvalue weighted by molar-refractivity contribution is 14.1. The van der Waals surface area contributed by atoms with E-state index in [1.165, 1.54) is 10.4 Å². The quantitative estimate of drug-likeness (QED) is 0.814. The number of nitrogens with zero attached hydrogens (tertiary/aromatic N) is 2. The molecule has 0 aliphatic rings. The fraction of sp³-hybridized carbons (Fsp3) is 0.182. The normalized spacial score (nSPS) is 10.3. The Labute approximate surface area is 102 Å². The third-order valence-electron chi connectivity index (χ3n) is 1.97. The van der Waals surface area contributed by atoms with Gasteiger partial charge in [0.2, 0.25) is 0 Å². The van der Waals surface area contributed by atoms with Gasteiger partial charge in [-0.15, -0.1) is 9.94 Å². The van der Waals surface area contributed by atoms with Gasteiger partial charge in [0.15, 0.2) is 0 Å². The topological polar surface area (TPSA) is 27.1 Å². The summed E-state index contributed by atoms with van der Waals surface area (Å²) in [6.45, 7) is 2.61. The summed E-state index contributed by atoms with van der Waals surface area (Å²) in [5.74, 6) is 0. The number of rotatable bonds is 3. The maximum absolute atomic E-state index is 5.47. The van der Waals surface area contributed by atoms with Crippen LogP contribution in [0.4, 0.5) is 0 Å². The first-order chi connectivity index (χ1) is 7.24. The van der Waals surface area contributed by atoms with Gasteiger partial charge in [-0.05, 0) is 35.1 Å². The van der Waals surface area contributed by atoms with Crippen LogP contribution in [0, 0.1) is 10.5 Å². The lowest BCUT2D eigenvalue weighted by atomic mass is 10.1. The average Bonchev–Trinajstić information content (AvgIpc) is 2.62. The minimum absolute atomic E-state index is 0.541. The second kappa shape index (κ2) is 4.65. The molecule has 0 radical (unpaired) electrons. The first kappa shape index (κ1) is 10.5.